The summed E-state index contributed by atoms with van der Waals surface area (Å²) in [6, 6.07) is -0.113. The molecule has 0 unspecified atom stereocenters. The molecule has 1 amide bonds. The van der Waals surface area contributed by atoms with Gasteiger partial charge < -0.3 is 5.32 Å². The van der Waals surface area contributed by atoms with E-state index in [0.29, 0.717) is 23.9 Å². The average Bonchev–Trinajstić information content (AvgIpc) is 3.09. The molecule has 8 heteroatoms. The summed E-state index contributed by atoms with van der Waals surface area (Å²) < 4.78 is 0. The van der Waals surface area contributed by atoms with Crippen molar-refractivity contribution in [3.63, 3.8) is 0 Å². The molecule has 1 atom stereocenters. The molecule has 0 aliphatic carbocycles. The second-order valence-electron chi connectivity index (χ2n) is 5.69. The van der Waals surface area contributed by atoms with Gasteiger partial charge in [-0.25, -0.2) is 9.97 Å². The van der Waals surface area contributed by atoms with E-state index in [9.17, 15) is 4.79 Å². The van der Waals surface area contributed by atoms with Gasteiger partial charge in [0, 0.05) is 12.4 Å². The molecule has 2 N–H and O–H groups in total. The fourth-order valence-corrected chi connectivity index (χ4v) is 2.69. The number of carbonyl (C=O) groups is 1. The van der Waals surface area contributed by atoms with Crippen LogP contribution >= 0.6 is 0 Å². The highest BCUT2D eigenvalue weighted by Crippen LogP contribution is 2.12. The van der Waals surface area contributed by atoms with E-state index in [2.05, 4.69) is 35.4 Å². The molecule has 1 fully saturated rings. The summed E-state index contributed by atoms with van der Waals surface area (Å²) in [5, 5.41) is 9.83. The molecule has 0 radical (unpaired) electrons. The van der Waals surface area contributed by atoms with E-state index in [0.717, 1.165) is 13.1 Å². The van der Waals surface area contributed by atoms with Crippen LogP contribution in [0.1, 0.15) is 32.0 Å². The van der Waals surface area contributed by atoms with Crippen molar-refractivity contribution < 1.29 is 4.79 Å². The molecule has 23 heavy (non-hydrogen) atoms. The van der Waals surface area contributed by atoms with E-state index in [1.807, 2.05) is 6.92 Å². The van der Waals surface area contributed by atoms with Crippen LogP contribution in [-0.4, -0.2) is 55.1 Å². The second kappa shape index (κ2) is 7.28. The predicted molar refractivity (Wildman–Crippen MR) is 84.1 cm³/mol. The SMILES string of the molecule is C[C@H](C(=O)NCc1nc(-c2cnccn2)n[nH]1)N1CCCCC1. The van der Waals surface area contributed by atoms with Crippen LogP contribution in [0.2, 0.25) is 0 Å². The number of piperidine rings is 1. The monoisotopic (exact) mass is 315 g/mol. The fraction of sp³-hybridized carbons (Fsp3) is 0.533. The maximum atomic E-state index is 12.3. The van der Waals surface area contributed by atoms with Gasteiger partial charge in [-0.1, -0.05) is 6.42 Å². The van der Waals surface area contributed by atoms with E-state index in [1.54, 1.807) is 18.6 Å². The number of hydrogen-bond donors (Lipinski definition) is 2. The summed E-state index contributed by atoms with van der Waals surface area (Å²) in [6.45, 7) is 4.26. The highest BCUT2D eigenvalue weighted by molar-refractivity contribution is 5.81. The minimum Gasteiger partial charge on any atom is -0.347 e. The van der Waals surface area contributed by atoms with Crippen molar-refractivity contribution in [3.05, 3.63) is 24.4 Å². The van der Waals surface area contributed by atoms with E-state index in [-0.39, 0.29) is 11.9 Å². The lowest BCUT2D eigenvalue weighted by Gasteiger charge is -2.31. The summed E-state index contributed by atoms with van der Waals surface area (Å²) in [6.07, 6.45) is 8.38. The third-order valence-electron chi connectivity index (χ3n) is 4.07. The van der Waals surface area contributed by atoms with Gasteiger partial charge in [-0.15, -0.1) is 0 Å². The Morgan fingerprint density at radius 3 is 2.91 bits per heavy atom. The Morgan fingerprint density at radius 2 is 2.17 bits per heavy atom. The smallest absolute Gasteiger partial charge is 0.237 e. The lowest BCUT2D eigenvalue weighted by Crippen LogP contribution is -2.47. The van der Waals surface area contributed by atoms with Crippen molar-refractivity contribution in [2.24, 2.45) is 0 Å². The largest absolute Gasteiger partial charge is 0.347 e. The Bertz CT molecular complexity index is 636. The van der Waals surface area contributed by atoms with Gasteiger partial charge in [0.05, 0.1) is 18.8 Å². The zero-order valence-electron chi connectivity index (χ0n) is 13.2. The number of nitrogens with one attached hydrogen (secondary N) is 2. The molecular weight excluding hydrogens is 294 g/mol. The van der Waals surface area contributed by atoms with Crippen LogP contribution in [0, 0.1) is 0 Å². The molecule has 1 saturated heterocycles. The normalized spacial score (nSPS) is 16.9. The molecule has 0 aromatic carbocycles. The highest BCUT2D eigenvalue weighted by atomic mass is 16.2. The maximum absolute atomic E-state index is 12.3. The molecule has 0 bridgehead atoms. The minimum atomic E-state index is -0.113. The first-order chi connectivity index (χ1) is 11.2. The lowest BCUT2D eigenvalue weighted by atomic mass is 10.1. The zero-order valence-corrected chi connectivity index (χ0v) is 13.2. The molecule has 1 aliphatic rings. The average molecular weight is 315 g/mol. The van der Waals surface area contributed by atoms with E-state index in [4.69, 9.17) is 0 Å². The van der Waals surface area contributed by atoms with Gasteiger partial charge in [0.1, 0.15) is 11.5 Å². The van der Waals surface area contributed by atoms with Crippen LogP contribution in [0.15, 0.2) is 18.6 Å². The first-order valence-corrected chi connectivity index (χ1v) is 7.93. The number of amides is 1. The molecule has 1 aliphatic heterocycles. The summed E-state index contributed by atoms with van der Waals surface area (Å²) in [5.41, 5.74) is 0.600. The minimum absolute atomic E-state index is 0.0179. The maximum Gasteiger partial charge on any atom is 0.237 e. The number of H-pyrrole nitrogens is 1. The highest BCUT2D eigenvalue weighted by Gasteiger charge is 2.22. The number of aromatic nitrogens is 5. The van der Waals surface area contributed by atoms with E-state index >= 15 is 0 Å². The van der Waals surface area contributed by atoms with Crippen molar-refractivity contribution >= 4 is 5.91 Å². The fourth-order valence-electron chi connectivity index (χ4n) is 2.69. The molecule has 0 saturated carbocycles. The first kappa shape index (κ1) is 15.5. The number of hydrogen-bond acceptors (Lipinski definition) is 6. The zero-order chi connectivity index (χ0) is 16.1. The van der Waals surface area contributed by atoms with Crippen LogP contribution in [0.4, 0.5) is 0 Å². The van der Waals surface area contributed by atoms with Gasteiger partial charge in [0.25, 0.3) is 0 Å². The van der Waals surface area contributed by atoms with Gasteiger partial charge in [0.15, 0.2) is 0 Å². The topological polar surface area (TPSA) is 99.7 Å². The van der Waals surface area contributed by atoms with Gasteiger partial charge in [0.2, 0.25) is 11.7 Å². The van der Waals surface area contributed by atoms with Crippen LogP contribution in [-0.2, 0) is 11.3 Å². The molecule has 0 spiro atoms. The van der Waals surface area contributed by atoms with Crippen LogP contribution in [0.5, 0.6) is 0 Å². The second-order valence-corrected chi connectivity index (χ2v) is 5.69. The molecule has 2 aromatic heterocycles. The number of rotatable bonds is 5. The Kier molecular flexibility index (Phi) is 4.92. The molecule has 3 heterocycles. The van der Waals surface area contributed by atoms with Gasteiger partial charge in [-0.05, 0) is 32.9 Å². The summed E-state index contributed by atoms with van der Waals surface area (Å²) >= 11 is 0. The van der Waals surface area contributed by atoms with Crippen molar-refractivity contribution in [2.75, 3.05) is 13.1 Å². The predicted octanol–water partition coefficient (Wildman–Crippen LogP) is 0.752. The number of aromatic amines is 1. The molecule has 8 nitrogen and oxygen atoms in total. The summed E-state index contributed by atoms with van der Waals surface area (Å²) in [4.78, 5) is 26.9. The van der Waals surface area contributed by atoms with E-state index in [1.165, 1.54) is 19.3 Å². The first-order valence-electron chi connectivity index (χ1n) is 7.93. The van der Waals surface area contributed by atoms with Gasteiger partial charge in [-0.3, -0.25) is 19.8 Å². The van der Waals surface area contributed by atoms with Crippen molar-refractivity contribution in [3.8, 4) is 11.5 Å². The number of nitrogens with zero attached hydrogens (tertiary/aromatic N) is 5. The standard InChI is InChI=1S/C15H21N7O/c1-11(22-7-3-2-4-8-22)15(23)18-10-13-19-14(21-20-13)12-9-16-5-6-17-12/h5-6,9,11H,2-4,7-8,10H2,1H3,(H,18,23)(H,19,20,21)/t11-/m1/s1. The molecule has 2 aromatic rings. The molecule has 3 rings (SSSR count). The van der Waals surface area contributed by atoms with E-state index < -0.39 is 0 Å². The van der Waals surface area contributed by atoms with Gasteiger partial charge >= 0.3 is 0 Å². The quantitative estimate of drug-likeness (QED) is 0.844. The van der Waals surface area contributed by atoms with Crippen LogP contribution < -0.4 is 5.32 Å². The Hall–Kier alpha value is -2.35. The Morgan fingerprint density at radius 1 is 1.35 bits per heavy atom. The molecular formula is C15H21N7O. The lowest BCUT2D eigenvalue weighted by molar-refractivity contribution is -0.126. The number of likely N-dealkylation sites (tertiary alicyclic amines) is 1. The third kappa shape index (κ3) is 3.89. The van der Waals surface area contributed by atoms with Crippen molar-refractivity contribution in [2.45, 2.75) is 38.8 Å². The summed E-state index contributed by atoms with van der Waals surface area (Å²) in [7, 11) is 0. The van der Waals surface area contributed by atoms with Crippen molar-refractivity contribution in [1.82, 2.24) is 35.4 Å². The Balaban J connectivity index is 1.54. The van der Waals surface area contributed by atoms with Crippen molar-refractivity contribution in [1.29, 1.82) is 0 Å². The number of carbonyl (C=O) groups excluding carboxylic acids is 1. The van der Waals surface area contributed by atoms with Crippen LogP contribution in [0.25, 0.3) is 11.5 Å². The molecule has 122 valence electrons. The Labute approximate surface area is 134 Å². The third-order valence-corrected chi connectivity index (χ3v) is 4.07. The van der Waals surface area contributed by atoms with Crippen LogP contribution in [0.3, 0.4) is 0 Å². The summed E-state index contributed by atoms with van der Waals surface area (Å²) in [5.74, 6) is 1.10. The van der Waals surface area contributed by atoms with Gasteiger partial charge in [-0.2, -0.15) is 5.10 Å².